The van der Waals surface area contributed by atoms with Crippen LogP contribution in [0.15, 0.2) is 4.52 Å². The van der Waals surface area contributed by atoms with Crippen molar-refractivity contribution in [2.75, 3.05) is 5.32 Å². The maximum Gasteiger partial charge on any atom is 0.227 e. The van der Waals surface area contributed by atoms with Crippen LogP contribution < -0.4 is 5.32 Å². The second kappa shape index (κ2) is 6.13. The Labute approximate surface area is 121 Å². The van der Waals surface area contributed by atoms with Gasteiger partial charge in [0, 0.05) is 23.6 Å². The molecule has 0 bridgehead atoms. The second-order valence-electron chi connectivity index (χ2n) is 4.91. The maximum absolute atomic E-state index is 11.8. The first-order valence-electron chi connectivity index (χ1n) is 6.52. The number of aromatic nitrogens is 3. The van der Waals surface area contributed by atoms with Crippen LogP contribution in [0, 0.1) is 13.8 Å². The number of carbonyl (C=O) groups excluding carboxylic acids is 1. The molecule has 0 aliphatic heterocycles. The van der Waals surface area contributed by atoms with E-state index in [9.17, 15) is 4.79 Å². The van der Waals surface area contributed by atoms with Gasteiger partial charge in [0.05, 0.1) is 5.69 Å². The molecule has 1 N–H and O–H groups in total. The van der Waals surface area contributed by atoms with Crippen molar-refractivity contribution >= 4 is 22.4 Å². The fourth-order valence-corrected chi connectivity index (χ4v) is 2.36. The molecular formula is C13H18N4O2S. The smallest absolute Gasteiger partial charge is 0.227 e. The van der Waals surface area contributed by atoms with Gasteiger partial charge in [-0.25, -0.2) is 4.98 Å². The zero-order valence-corrected chi connectivity index (χ0v) is 12.9. The summed E-state index contributed by atoms with van der Waals surface area (Å²) in [5.74, 6) is 1.30. The van der Waals surface area contributed by atoms with Gasteiger partial charge in [0.2, 0.25) is 11.8 Å². The van der Waals surface area contributed by atoms with Crippen molar-refractivity contribution in [3.05, 3.63) is 22.3 Å². The molecule has 7 heteroatoms. The van der Waals surface area contributed by atoms with E-state index < -0.39 is 0 Å². The molecule has 2 rings (SSSR count). The SMILES string of the molecule is Cc1nc(NC(=O)CCc2nc(C(C)C)no2)sc1C. The van der Waals surface area contributed by atoms with Gasteiger partial charge >= 0.3 is 0 Å². The number of hydrogen-bond donors (Lipinski definition) is 1. The van der Waals surface area contributed by atoms with Crippen LogP contribution in [0.3, 0.4) is 0 Å². The van der Waals surface area contributed by atoms with E-state index in [2.05, 4.69) is 20.4 Å². The lowest BCUT2D eigenvalue weighted by atomic mass is 10.2. The van der Waals surface area contributed by atoms with E-state index in [-0.39, 0.29) is 11.8 Å². The summed E-state index contributed by atoms with van der Waals surface area (Å²) < 4.78 is 5.10. The molecule has 0 aromatic carbocycles. The van der Waals surface area contributed by atoms with Crippen molar-refractivity contribution < 1.29 is 9.32 Å². The highest BCUT2D eigenvalue weighted by molar-refractivity contribution is 7.15. The van der Waals surface area contributed by atoms with E-state index in [0.717, 1.165) is 10.6 Å². The van der Waals surface area contributed by atoms with Crippen molar-refractivity contribution in [2.24, 2.45) is 0 Å². The Hall–Kier alpha value is -1.76. The second-order valence-corrected chi connectivity index (χ2v) is 6.11. The van der Waals surface area contributed by atoms with Gasteiger partial charge in [-0.1, -0.05) is 19.0 Å². The minimum absolute atomic E-state index is 0.0944. The first-order chi connectivity index (χ1) is 9.45. The first kappa shape index (κ1) is 14.6. The highest BCUT2D eigenvalue weighted by Crippen LogP contribution is 2.21. The van der Waals surface area contributed by atoms with Crippen LogP contribution in [0.2, 0.25) is 0 Å². The summed E-state index contributed by atoms with van der Waals surface area (Å²) >= 11 is 1.48. The Morgan fingerprint density at radius 1 is 1.35 bits per heavy atom. The number of carbonyl (C=O) groups is 1. The largest absolute Gasteiger partial charge is 0.339 e. The number of hydrogen-bond acceptors (Lipinski definition) is 6. The Kier molecular flexibility index (Phi) is 4.49. The summed E-state index contributed by atoms with van der Waals surface area (Å²) in [7, 11) is 0. The molecule has 2 aromatic rings. The Bertz CT molecular complexity index is 584. The topological polar surface area (TPSA) is 80.9 Å². The number of aryl methyl sites for hydroxylation is 3. The average molecular weight is 294 g/mol. The molecule has 20 heavy (non-hydrogen) atoms. The minimum atomic E-state index is -0.0944. The minimum Gasteiger partial charge on any atom is -0.339 e. The van der Waals surface area contributed by atoms with Gasteiger partial charge in [0.1, 0.15) is 0 Å². The lowest BCUT2D eigenvalue weighted by Gasteiger charge is -1.98. The lowest BCUT2D eigenvalue weighted by Crippen LogP contribution is -2.12. The number of nitrogens with one attached hydrogen (secondary N) is 1. The van der Waals surface area contributed by atoms with Gasteiger partial charge in [0.25, 0.3) is 0 Å². The number of thiazole rings is 1. The van der Waals surface area contributed by atoms with Crippen molar-refractivity contribution in [3.63, 3.8) is 0 Å². The molecule has 6 nitrogen and oxygen atoms in total. The van der Waals surface area contributed by atoms with E-state index >= 15 is 0 Å². The molecule has 0 fully saturated rings. The van der Waals surface area contributed by atoms with Gasteiger partial charge in [-0.3, -0.25) is 4.79 Å². The van der Waals surface area contributed by atoms with E-state index in [0.29, 0.717) is 29.7 Å². The third kappa shape index (κ3) is 3.63. The highest BCUT2D eigenvalue weighted by atomic mass is 32.1. The third-order valence-electron chi connectivity index (χ3n) is 2.84. The third-order valence-corrected chi connectivity index (χ3v) is 3.83. The molecule has 0 aliphatic rings. The molecule has 108 valence electrons. The molecule has 2 heterocycles. The average Bonchev–Trinajstić information content (AvgIpc) is 2.95. The molecule has 0 aliphatic carbocycles. The van der Waals surface area contributed by atoms with Gasteiger partial charge in [-0.15, -0.1) is 11.3 Å². The predicted octanol–water partition coefficient (Wildman–Crippen LogP) is 2.84. The van der Waals surface area contributed by atoms with Crippen molar-refractivity contribution in [2.45, 2.75) is 46.5 Å². The summed E-state index contributed by atoms with van der Waals surface area (Å²) in [5, 5.41) is 7.28. The summed E-state index contributed by atoms with van der Waals surface area (Å²) in [4.78, 5) is 21.4. The van der Waals surface area contributed by atoms with Crippen molar-refractivity contribution in [1.82, 2.24) is 15.1 Å². The predicted molar refractivity (Wildman–Crippen MR) is 76.9 cm³/mol. The monoisotopic (exact) mass is 294 g/mol. The summed E-state index contributed by atoms with van der Waals surface area (Å²) in [6, 6.07) is 0. The van der Waals surface area contributed by atoms with Crippen LogP contribution in [-0.2, 0) is 11.2 Å². The van der Waals surface area contributed by atoms with Crippen molar-refractivity contribution in [3.8, 4) is 0 Å². The molecular weight excluding hydrogens is 276 g/mol. The Morgan fingerprint density at radius 2 is 2.10 bits per heavy atom. The standard InChI is InChI=1S/C13H18N4O2S/c1-7(2)12-16-11(19-17-12)6-5-10(18)15-13-14-8(3)9(4)20-13/h7H,5-6H2,1-4H3,(H,14,15,18). The first-order valence-corrected chi connectivity index (χ1v) is 7.33. The van der Waals surface area contributed by atoms with Crippen LogP contribution in [-0.4, -0.2) is 21.0 Å². The molecule has 0 saturated heterocycles. The fourth-order valence-electron chi connectivity index (χ4n) is 1.53. The molecule has 0 unspecified atom stereocenters. The Balaban J connectivity index is 1.85. The molecule has 2 aromatic heterocycles. The summed E-state index contributed by atoms with van der Waals surface area (Å²) in [6.07, 6.45) is 0.742. The van der Waals surface area contributed by atoms with Crippen LogP contribution >= 0.6 is 11.3 Å². The number of amides is 1. The normalized spacial score (nSPS) is 11.1. The quantitative estimate of drug-likeness (QED) is 0.917. The molecule has 1 amide bonds. The summed E-state index contributed by atoms with van der Waals surface area (Å²) in [6.45, 7) is 7.89. The molecule has 0 atom stereocenters. The number of rotatable bonds is 5. The van der Waals surface area contributed by atoms with E-state index in [1.165, 1.54) is 11.3 Å². The van der Waals surface area contributed by atoms with Gasteiger partial charge in [-0.05, 0) is 13.8 Å². The van der Waals surface area contributed by atoms with Crippen LogP contribution in [0.25, 0.3) is 0 Å². The van der Waals surface area contributed by atoms with E-state index in [4.69, 9.17) is 4.52 Å². The van der Waals surface area contributed by atoms with Gasteiger partial charge in [-0.2, -0.15) is 4.98 Å². The molecule has 0 radical (unpaired) electrons. The fraction of sp³-hybridized carbons (Fsp3) is 0.538. The van der Waals surface area contributed by atoms with Gasteiger partial charge < -0.3 is 9.84 Å². The van der Waals surface area contributed by atoms with Crippen LogP contribution in [0.4, 0.5) is 5.13 Å². The zero-order valence-electron chi connectivity index (χ0n) is 12.1. The molecule has 0 saturated carbocycles. The zero-order chi connectivity index (χ0) is 14.7. The van der Waals surface area contributed by atoms with Gasteiger partial charge in [0.15, 0.2) is 11.0 Å². The molecule has 0 spiro atoms. The van der Waals surface area contributed by atoms with E-state index in [1.807, 2.05) is 27.7 Å². The highest BCUT2D eigenvalue weighted by Gasteiger charge is 2.12. The number of anilines is 1. The van der Waals surface area contributed by atoms with Crippen LogP contribution in [0.1, 0.15) is 48.5 Å². The van der Waals surface area contributed by atoms with Crippen molar-refractivity contribution in [1.29, 1.82) is 0 Å². The lowest BCUT2D eigenvalue weighted by molar-refractivity contribution is -0.116. The van der Waals surface area contributed by atoms with E-state index in [1.54, 1.807) is 0 Å². The summed E-state index contributed by atoms with van der Waals surface area (Å²) in [5.41, 5.74) is 0.948. The number of nitrogens with zero attached hydrogens (tertiary/aromatic N) is 3. The Morgan fingerprint density at radius 3 is 2.65 bits per heavy atom. The van der Waals surface area contributed by atoms with Crippen LogP contribution in [0.5, 0.6) is 0 Å². The maximum atomic E-state index is 11.8.